The van der Waals surface area contributed by atoms with Crippen molar-refractivity contribution >= 4 is 11.2 Å². The second-order valence-corrected chi connectivity index (χ2v) is 7.66. The summed E-state index contributed by atoms with van der Waals surface area (Å²) in [4.78, 5) is 37.6. The number of aryl methyl sites for hydroxylation is 1. The Morgan fingerprint density at radius 1 is 1.03 bits per heavy atom. The van der Waals surface area contributed by atoms with E-state index in [2.05, 4.69) is 26.8 Å². The topological polar surface area (TPSA) is 94.8 Å². The van der Waals surface area contributed by atoms with Crippen molar-refractivity contribution in [2.45, 2.75) is 39.8 Å². The third-order valence-electron chi connectivity index (χ3n) is 5.13. The van der Waals surface area contributed by atoms with E-state index in [9.17, 15) is 14.0 Å². The number of fused-ring (bicyclic) bond motifs is 1. The van der Waals surface area contributed by atoms with Crippen LogP contribution in [0.5, 0.6) is 5.88 Å². The molecule has 0 amide bonds. The van der Waals surface area contributed by atoms with E-state index >= 15 is 0 Å². The van der Waals surface area contributed by atoms with E-state index in [-0.39, 0.29) is 23.7 Å². The van der Waals surface area contributed by atoms with Crippen molar-refractivity contribution in [1.82, 2.24) is 24.1 Å². The number of aromatic amines is 1. The number of hydrogen-bond donors (Lipinski definition) is 1. The highest BCUT2D eigenvalue weighted by Crippen LogP contribution is 2.19. The summed E-state index contributed by atoms with van der Waals surface area (Å²) in [5.41, 5.74) is 1.27. The molecule has 174 valence electrons. The van der Waals surface area contributed by atoms with Crippen LogP contribution in [-0.2, 0) is 13.1 Å². The minimum absolute atomic E-state index is 0.120. The normalized spacial score (nSPS) is 10.8. The lowest BCUT2D eigenvalue weighted by Crippen LogP contribution is -2.40. The number of H-pyrrole nitrogens is 1. The molecule has 0 bridgehead atoms. The molecule has 0 radical (unpaired) electrons. The molecular formula is C25H24FN5O3. The lowest BCUT2D eigenvalue weighted by atomic mass is 10.2. The van der Waals surface area contributed by atoms with Crippen LogP contribution in [0, 0.1) is 17.7 Å². The van der Waals surface area contributed by atoms with E-state index in [1.165, 1.54) is 21.3 Å². The van der Waals surface area contributed by atoms with Gasteiger partial charge in [-0.15, -0.1) is 0 Å². The number of rotatable bonds is 7. The Bertz CT molecular complexity index is 1470. The SMILES string of the molecule is CCCn1c(=O)c2[nH]c(-c3ccc(OCC#Cc4ccc(F)cc4)nc3)nc2n(CCC)c1=O. The molecule has 0 aliphatic carbocycles. The second kappa shape index (κ2) is 10.2. The maximum absolute atomic E-state index is 12.9. The molecule has 0 aliphatic rings. The van der Waals surface area contributed by atoms with Gasteiger partial charge in [-0.1, -0.05) is 25.7 Å². The van der Waals surface area contributed by atoms with E-state index in [1.54, 1.807) is 30.5 Å². The van der Waals surface area contributed by atoms with Gasteiger partial charge in [-0.25, -0.2) is 19.2 Å². The van der Waals surface area contributed by atoms with Crippen LogP contribution in [0.25, 0.3) is 22.6 Å². The standard InChI is InChI=1S/C25H24FN5O3/c1-3-13-30-23-21(24(32)31(14-4-2)25(30)33)28-22(29-23)18-9-12-20(27-16-18)34-15-5-6-17-7-10-19(26)11-8-17/h7-12,16H,3-4,13-15H2,1-2H3,(H,28,29). The fourth-order valence-corrected chi connectivity index (χ4v) is 3.54. The van der Waals surface area contributed by atoms with Crippen LogP contribution in [0.15, 0.2) is 52.2 Å². The summed E-state index contributed by atoms with van der Waals surface area (Å²) >= 11 is 0. The van der Waals surface area contributed by atoms with Crippen molar-refractivity contribution < 1.29 is 9.13 Å². The lowest BCUT2D eigenvalue weighted by Gasteiger charge is -2.09. The highest BCUT2D eigenvalue weighted by atomic mass is 19.1. The maximum atomic E-state index is 12.9. The third kappa shape index (κ3) is 4.76. The van der Waals surface area contributed by atoms with Crippen molar-refractivity contribution in [3.63, 3.8) is 0 Å². The minimum Gasteiger partial charge on any atom is -0.464 e. The van der Waals surface area contributed by atoms with Gasteiger partial charge in [0.1, 0.15) is 17.2 Å². The molecule has 34 heavy (non-hydrogen) atoms. The monoisotopic (exact) mass is 461 g/mol. The summed E-state index contributed by atoms with van der Waals surface area (Å²) < 4.78 is 21.3. The second-order valence-electron chi connectivity index (χ2n) is 7.66. The molecule has 0 saturated carbocycles. The van der Waals surface area contributed by atoms with E-state index in [1.807, 2.05) is 13.8 Å². The molecule has 0 atom stereocenters. The number of nitrogens with one attached hydrogen (secondary N) is 1. The minimum atomic E-state index is -0.374. The Kier molecular flexibility index (Phi) is 6.87. The summed E-state index contributed by atoms with van der Waals surface area (Å²) in [5, 5.41) is 0. The molecule has 1 N–H and O–H groups in total. The number of aromatic nitrogens is 5. The fourth-order valence-electron chi connectivity index (χ4n) is 3.54. The Balaban J connectivity index is 1.56. The maximum Gasteiger partial charge on any atom is 0.332 e. The predicted molar refractivity (Wildman–Crippen MR) is 127 cm³/mol. The molecule has 4 rings (SSSR count). The molecule has 3 heterocycles. The quantitative estimate of drug-likeness (QED) is 0.426. The van der Waals surface area contributed by atoms with Gasteiger partial charge in [0.2, 0.25) is 5.88 Å². The van der Waals surface area contributed by atoms with Crippen molar-refractivity contribution in [2.24, 2.45) is 0 Å². The van der Waals surface area contributed by atoms with Gasteiger partial charge in [0, 0.05) is 36.5 Å². The van der Waals surface area contributed by atoms with Crippen LogP contribution >= 0.6 is 0 Å². The van der Waals surface area contributed by atoms with E-state index in [4.69, 9.17) is 4.74 Å². The van der Waals surface area contributed by atoms with Gasteiger partial charge < -0.3 is 9.72 Å². The Morgan fingerprint density at radius 3 is 2.44 bits per heavy atom. The van der Waals surface area contributed by atoms with Gasteiger partial charge in [-0.05, 0) is 43.2 Å². The molecule has 4 aromatic rings. The summed E-state index contributed by atoms with van der Waals surface area (Å²) in [6.07, 6.45) is 2.99. The summed E-state index contributed by atoms with van der Waals surface area (Å²) in [6, 6.07) is 9.34. The zero-order valence-corrected chi connectivity index (χ0v) is 19.0. The van der Waals surface area contributed by atoms with Crippen LogP contribution < -0.4 is 16.0 Å². The molecule has 0 aliphatic heterocycles. The molecule has 0 fully saturated rings. The molecule has 8 nitrogen and oxygen atoms in total. The number of benzene rings is 1. The van der Waals surface area contributed by atoms with Crippen LogP contribution in [0.1, 0.15) is 32.3 Å². The number of pyridine rings is 1. The Hall–Kier alpha value is -4.19. The van der Waals surface area contributed by atoms with Gasteiger partial charge in [0.05, 0.1) is 0 Å². The molecule has 3 aromatic heterocycles. The number of halogens is 1. The van der Waals surface area contributed by atoms with Crippen molar-refractivity contribution in [3.05, 3.63) is 74.8 Å². The first-order chi connectivity index (χ1) is 16.5. The molecule has 0 saturated heterocycles. The summed E-state index contributed by atoms with van der Waals surface area (Å²) in [7, 11) is 0. The first-order valence-electron chi connectivity index (χ1n) is 11.1. The summed E-state index contributed by atoms with van der Waals surface area (Å²) in [6.45, 7) is 4.82. The molecular weight excluding hydrogens is 437 g/mol. The van der Waals surface area contributed by atoms with E-state index in [0.717, 1.165) is 6.42 Å². The average molecular weight is 461 g/mol. The average Bonchev–Trinajstić information content (AvgIpc) is 3.29. The van der Waals surface area contributed by atoms with Crippen molar-refractivity contribution in [1.29, 1.82) is 0 Å². The zero-order valence-electron chi connectivity index (χ0n) is 19.0. The van der Waals surface area contributed by atoms with Crippen LogP contribution in [0.2, 0.25) is 0 Å². The van der Waals surface area contributed by atoms with Gasteiger partial charge in [-0.3, -0.25) is 13.9 Å². The first kappa shape index (κ1) is 23.0. The largest absolute Gasteiger partial charge is 0.464 e. The van der Waals surface area contributed by atoms with Crippen molar-refractivity contribution in [2.75, 3.05) is 6.61 Å². The number of hydrogen-bond acceptors (Lipinski definition) is 5. The molecule has 9 heteroatoms. The van der Waals surface area contributed by atoms with Gasteiger partial charge >= 0.3 is 5.69 Å². The zero-order chi connectivity index (χ0) is 24.1. The fraction of sp³-hybridized carbons (Fsp3) is 0.280. The van der Waals surface area contributed by atoms with Crippen LogP contribution in [0.3, 0.4) is 0 Å². The third-order valence-corrected chi connectivity index (χ3v) is 5.13. The number of imidazole rings is 1. The van der Waals surface area contributed by atoms with Gasteiger partial charge in [0.15, 0.2) is 12.3 Å². The Labute approximate surface area is 195 Å². The van der Waals surface area contributed by atoms with Crippen LogP contribution in [0.4, 0.5) is 4.39 Å². The lowest BCUT2D eigenvalue weighted by molar-refractivity contribution is 0.355. The first-order valence-corrected chi connectivity index (χ1v) is 11.1. The van der Waals surface area contributed by atoms with Gasteiger partial charge in [0.25, 0.3) is 5.56 Å². The smallest absolute Gasteiger partial charge is 0.332 e. The van der Waals surface area contributed by atoms with E-state index < -0.39 is 0 Å². The predicted octanol–water partition coefficient (Wildman–Crippen LogP) is 3.34. The van der Waals surface area contributed by atoms with E-state index in [0.29, 0.717) is 53.5 Å². The van der Waals surface area contributed by atoms with Crippen LogP contribution in [-0.4, -0.2) is 30.7 Å². The highest BCUT2D eigenvalue weighted by Gasteiger charge is 2.17. The van der Waals surface area contributed by atoms with Crippen molar-refractivity contribution in [3.8, 4) is 29.1 Å². The summed E-state index contributed by atoms with van der Waals surface area (Å²) in [5.74, 6) is 6.26. The molecule has 0 unspecified atom stereocenters. The number of ether oxygens (including phenoxy) is 1. The Morgan fingerprint density at radius 2 is 1.76 bits per heavy atom. The molecule has 1 aromatic carbocycles. The molecule has 0 spiro atoms. The van der Waals surface area contributed by atoms with Gasteiger partial charge in [-0.2, -0.15) is 0 Å². The highest BCUT2D eigenvalue weighted by molar-refractivity contribution is 5.75. The number of nitrogens with zero attached hydrogens (tertiary/aromatic N) is 4.